The first-order valence-electron chi connectivity index (χ1n) is 8.41. The Morgan fingerprint density at radius 1 is 0.926 bits per heavy atom. The molecule has 0 spiro atoms. The van der Waals surface area contributed by atoms with Crippen molar-refractivity contribution in [1.82, 2.24) is 4.72 Å². The Morgan fingerprint density at radius 3 is 2.19 bits per heavy atom. The van der Waals surface area contributed by atoms with E-state index in [2.05, 4.69) is 4.72 Å². The molecule has 2 N–H and O–H groups in total. The minimum Gasteiger partial charge on any atom is -0.384 e. The first-order valence-corrected chi connectivity index (χ1v) is 9.90. The Kier molecular flexibility index (Phi) is 5.41. The molecule has 0 aliphatic heterocycles. The van der Waals surface area contributed by atoms with Gasteiger partial charge >= 0.3 is 0 Å². The van der Waals surface area contributed by atoms with Crippen molar-refractivity contribution < 1.29 is 17.9 Å². The van der Waals surface area contributed by atoms with Gasteiger partial charge in [0.1, 0.15) is 11.4 Å². The Hall–Kier alpha value is -2.54. The molecule has 0 fully saturated rings. The third-order valence-electron chi connectivity index (χ3n) is 4.33. The second-order valence-corrected chi connectivity index (χ2v) is 8.27. The zero-order valence-corrected chi connectivity index (χ0v) is 15.6. The van der Waals surface area contributed by atoms with Crippen LogP contribution in [0.25, 0.3) is 11.1 Å². The molecule has 0 radical (unpaired) electrons. The molecule has 0 saturated carbocycles. The van der Waals surface area contributed by atoms with Gasteiger partial charge in [-0.2, -0.15) is 0 Å². The average molecular weight is 385 g/mol. The highest BCUT2D eigenvalue weighted by Crippen LogP contribution is 2.25. The van der Waals surface area contributed by atoms with Gasteiger partial charge in [0, 0.05) is 6.54 Å². The maximum Gasteiger partial charge on any atom is 0.240 e. The van der Waals surface area contributed by atoms with Crippen LogP contribution in [0.15, 0.2) is 83.8 Å². The maximum atomic E-state index is 13.3. The lowest BCUT2D eigenvalue weighted by Crippen LogP contribution is -2.38. The van der Waals surface area contributed by atoms with Gasteiger partial charge in [-0.25, -0.2) is 17.5 Å². The van der Waals surface area contributed by atoms with Gasteiger partial charge in [0.05, 0.1) is 4.90 Å². The van der Waals surface area contributed by atoms with Crippen LogP contribution in [0.4, 0.5) is 4.39 Å². The summed E-state index contributed by atoms with van der Waals surface area (Å²) in [5, 5.41) is 10.7. The van der Waals surface area contributed by atoms with E-state index in [0.717, 1.165) is 17.2 Å². The Balaban J connectivity index is 1.74. The highest BCUT2D eigenvalue weighted by molar-refractivity contribution is 7.89. The Labute approximate surface area is 158 Å². The molecule has 0 aliphatic carbocycles. The third kappa shape index (κ3) is 4.60. The molecule has 0 aromatic heterocycles. The Bertz CT molecular complexity index is 1020. The SMILES string of the molecule is CC(O)(CNS(=O)(=O)c1cccc(F)c1)c1ccc(-c2ccccc2)cc1. The molecular weight excluding hydrogens is 365 g/mol. The molecule has 6 heteroatoms. The monoisotopic (exact) mass is 385 g/mol. The van der Waals surface area contributed by atoms with Crippen molar-refractivity contribution in [2.24, 2.45) is 0 Å². The predicted molar refractivity (Wildman–Crippen MR) is 103 cm³/mol. The van der Waals surface area contributed by atoms with E-state index in [1.54, 1.807) is 12.1 Å². The fourth-order valence-corrected chi connectivity index (χ4v) is 3.87. The number of rotatable bonds is 6. The van der Waals surface area contributed by atoms with E-state index in [0.29, 0.717) is 5.56 Å². The van der Waals surface area contributed by atoms with Crippen LogP contribution in [-0.2, 0) is 15.6 Å². The number of benzene rings is 3. The van der Waals surface area contributed by atoms with E-state index in [4.69, 9.17) is 0 Å². The van der Waals surface area contributed by atoms with Gasteiger partial charge in [-0.15, -0.1) is 0 Å². The van der Waals surface area contributed by atoms with Crippen LogP contribution in [0, 0.1) is 5.82 Å². The molecule has 3 rings (SSSR count). The summed E-state index contributed by atoms with van der Waals surface area (Å²) in [6, 6.07) is 21.8. The van der Waals surface area contributed by atoms with E-state index in [1.807, 2.05) is 42.5 Å². The van der Waals surface area contributed by atoms with Gasteiger partial charge < -0.3 is 5.11 Å². The average Bonchev–Trinajstić information content (AvgIpc) is 2.67. The standard InChI is InChI=1S/C21H20FNO3S/c1-21(24,15-23-27(25,26)20-9-5-8-19(22)14-20)18-12-10-17(11-13-18)16-6-3-2-4-7-16/h2-14,23-24H,15H2,1H3. The van der Waals surface area contributed by atoms with Crippen LogP contribution in [0.1, 0.15) is 12.5 Å². The molecule has 4 nitrogen and oxygen atoms in total. The van der Waals surface area contributed by atoms with Crippen LogP contribution in [0.3, 0.4) is 0 Å². The lowest BCUT2D eigenvalue weighted by molar-refractivity contribution is 0.0627. The third-order valence-corrected chi connectivity index (χ3v) is 5.73. The number of hydrogen-bond donors (Lipinski definition) is 2. The number of nitrogens with one attached hydrogen (secondary N) is 1. The van der Waals surface area contributed by atoms with Crippen molar-refractivity contribution in [2.75, 3.05) is 6.54 Å². The van der Waals surface area contributed by atoms with Crippen molar-refractivity contribution in [3.05, 3.63) is 90.2 Å². The fourth-order valence-electron chi connectivity index (χ4n) is 2.71. The molecule has 1 atom stereocenters. The van der Waals surface area contributed by atoms with Crippen LogP contribution in [0.2, 0.25) is 0 Å². The zero-order valence-electron chi connectivity index (χ0n) is 14.8. The minimum atomic E-state index is -3.93. The van der Waals surface area contributed by atoms with Crippen molar-refractivity contribution >= 4 is 10.0 Å². The molecule has 1 unspecified atom stereocenters. The number of halogens is 1. The molecular formula is C21H20FNO3S. The van der Waals surface area contributed by atoms with E-state index in [1.165, 1.54) is 25.1 Å². The lowest BCUT2D eigenvalue weighted by atomic mass is 9.94. The van der Waals surface area contributed by atoms with Crippen LogP contribution < -0.4 is 4.72 Å². The van der Waals surface area contributed by atoms with Crippen LogP contribution in [-0.4, -0.2) is 20.1 Å². The van der Waals surface area contributed by atoms with Crippen molar-refractivity contribution in [3.8, 4) is 11.1 Å². The first kappa shape index (κ1) is 19.2. The summed E-state index contributed by atoms with van der Waals surface area (Å²) in [6.45, 7) is 1.29. The van der Waals surface area contributed by atoms with Gasteiger partial charge in [0.25, 0.3) is 0 Å². The van der Waals surface area contributed by atoms with Gasteiger partial charge in [0.15, 0.2) is 0 Å². The topological polar surface area (TPSA) is 66.4 Å². The van der Waals surface area contributed by atoms with Crippen LogP contribution in [0.5, 0.6) is 0 Å². The van der Waals surface area contributed by atoms with Crippen molar-refractivity contribution in [3.63, 3.8) is 0 Å². The molecule has 0 aliphatic rings. The summed E-state index contributed by atoms with van der Waals surface area (Å²) in [7, 11) is -3.93. The predicted octanol–water partition coefficient (Wildman–Crippen LogP) is 3.68. The van der Waals surface area contributed by atoms with Gasteiger partial charge in [-0.05, 0) is 41.8 Å². The normalized spacial score (nSPS) is 13.9. The maximum absolute atomic E-state index is 13.3. The molecule has 3 aromatic carbocycles. The van der Waals surface area contributed by atoms with Gasteiger partial charge in [-0.3, -0.25) is 0 Å². The summed E-state index contributed by atoms with van der Waals surface area (Å²) in [4.78, 5) is -0.183. The second kappa shape index (κ2) is 7.60. The number of hydrogen-bond acceptors (Lipinski definition) is 3. The smallest absolute Gasteiger partial charge is 0.240 e. The quantitative estimate of drug-likeness (QED) is 0.680. The van der Waals surface area contributed by atoms with Gasteiger partial charge in [0.2, 0.25) is 10.0 Å². The minimum absolute atomic E-state index is 0.183. The molecule has 140 valence electrons. The summed E-state index contributed by atoms with van der Waals surface area (Å²) >= 11 is 0. The second-order valence-electron chi connectivity index (χ2n) is 6.50. The fraction of sp³-hybridized carbons (Fsp3) is 0.143. The van der Waals surface area contributed by atoms with E-state index in [-0.39, 0.29) is 11.4 Å². The summed E-state index contributed by atoms with van der Waals surface area (Å²) in [5.41, 5.74) is 1.20. The number of sulfonamides is 1. The van der Waals surface area contributed by atoms with Crippen LogP contribution >= 0.6 is 0 Å². The zero-order chi connectivity index (χ0) is 19.5. The van der Waals surface area contributed by atoms with Crippen molar-refractivity contribution in [1.29, 1.82) is 0 Å². The Morgan fingerprint density at radius 2 is 1.56 bits per heavy atom. The molecule has 3 aromatic rings. The molecule has 0 saturated heterocycles. The van der Waals surface area contributed by atoms with E-state index in [9.17, 15) is 17.9 Å². The summed E-state index contributed by atoms with van der Waals surface area (Å²) in [5.74, 6) is -0.638. The van der Waals surface area contributed by atoms with Gasteiger partial charge in [-0.1, -0.05) is 60.7 Å². The highest BCUT2D eigenvalue weighted by atomic mass is 32.2. The van der Waals surface area contributed by atoms with E-state index < -0.39 is 21.4 Å². The summed E-state index contributed by atoms with van der Waals surface area (Å²) in [6.07, 6.45) is 0. The first-order chi connectivity index (χ1) is 12.8. The number of aliphatic hydroxyl groups is 1. The molecule has 27 heavy (non-hydrogen) atoms. The molecule has 0 amide bonds. The summed E-state index contributed by atoms with van der Waals surface area (Å²) < 4.78 is 40.2. The van der Waals surface area contributed by atoms with Crippen molar-refractivity contribution in [2.45, 2.75) is 17.4 Å². The molecule has 0 heterocycles. The largest absolute Gasteiger partial charge is 0.384 e. The molecule has 0 bridgehead atoms. The highest BCUT2D eigenvalue weighted by Gasteiger charge is 2.26. The van der Waals surface area contributed by atoms with E-state index >= 15 is 0 Å². The lowest BCUT2D eigenvalue weighted by Gasteiger charge is -2.24.